The second-order valence-corrected chi connectivity index (χ2v) is 5.11. The summed E-state index contributed by atoms with van der Waals surface area (Å²) in [7, 11) is 0. The molecule has 0 aliphatic carbocycles. The molecule has 6 heteroatoms. The summed E-state index contributed by atoms with van der Waals surface area (Å²) in [5.41, 5.74) is 1.74. The van der Waals surface area contributed by atoms with E-state index in [1.165, 1.54) is 6.07 Å². The Morgan fingerprint density at radius 3 is 2.87 bits per heavy atom. The molecule has 2 aromatic heterocycles. The van der Waals surface area contributed by atoms with Gasteiger partial charge in [-0.15, -0.1) is 0 Å². The number of halogens is 1. The summed E-state index contributed by atoms with van der Waals surface area (Å²) >= 11 is 0. The molecular formula is C17H14FN3O2. The van der Waals surface area contributed by atoms with Crippen LogP contribution in [0.25, 0.3) is 11.3 Å². The number of amides is 1. The molecule has 0 spiro atoms. The van der Waals surface area contributed by atoms with Gasteiger partial charge in [-0.05, 0) is 36.8 Å². The summed E-state index contributed by atoms with van der Waals surface area (Å²) in [5.74, 6) is 0.104. The maximum absolute atomic E-state index is 13.7. The number of nitrogens with zero attached hydrogens (tertiary/aromatic N) is 2. The summed E-state index contributed by atoms with van der Waals surface area (Å²) in [5, 5.41) is 6.50. The highest BCUT2D eigenvalue weighted by Gasteiger charge is 2.13. The third-order valence-electron chi connectivity index (χ3n) is 3.22. The van der Waals surface area contributed by atoms with Gasteiger partial charge in [0.2, 0.25) is 5.91 Å². The molecule has 0 unspecified atom stereocenters. The van der Waals surface area contributed by atoms with Crippen molar-refractivity contribution < 1.29 is 13.7 Å². The lowest BCUT2D eigenvalue weighted by Crippen LogP contribution is -2.15. The van der Waals surface area contributed by atoms with Crippen molar-refractivity contribution in [3.8, 4) is 11.3 Å². The molecule has 0 radical (unpaired) electrons. The van der Waals surface area contributed by atoms with E-state index in [0.717, 1.165) is 5.56 Å². The Morgan fingerprint density at radius 2 is 2.09 bits per heavy atom. The van der Waals surface area contributed by atoms with Crippen molar-refractivity contribution in [2.45, 2.75) is 13.3 Å². The lowest BCUT2D eigenvalue weighted by atomic mass is 10.1. The maximum atomic E-state index is 13.7. The molecule has 0 saturated heterocycles. The second kappa shape index (κ2) is 6.39. The number of pyridine rings is 1. The van der Waals surface area contributed by atoms with Gasteiger partial charge in [0.15, 0.2) is 5.76 Å². The fourth-order valence-corrected chi connectivity index (χ4v) is 2.14. The SMILES string of the molecule is Cc1ccnc(NC(=O)Cc2cc(-c3ccccc3F)on2)c1. The number of hydrogen-bond donors (Lipinski definition) is 1. The molecular weight excluding hydrogens is 297 g/mol. The minimum absolute atomic E-state index is 0.0214. The first-order chi connectivity index (χ1) is 11.1. The predicted octanol–water partition coefficient (Wildman–Crippen LogP) is 3.37. The maximum Gasteiger partial charge on any atom is 0.231 e. The van der Waals surface area contributed by atoms with Gasteiger partial charge >= 0.3 is 0 Å². The van der Waals surface area contributed by atoms with E-state index in [9.17, 15) is 9.18 Å². The highest BCUT2D eigenvalue weighted by molar-refractivity contribution is 5.91. The standard InChI is InChI=1S/C17H14FN3O2/c1-11-6-7-19-16(8-11)20-17(22)10-12-9-15(23-21-12)13-4-2-3-5-14(13)18/h2-9H,10H2,1H3,(H,19,20,22). The van der Waals surface area contributed by atoms with Crippen LogP contribution in [0, 0.1) is 12.7 Å². The summed E-state index contributed by atoms with van der Waals surface area (Å²) in [6.45, 7) is 1.91. The average molecular weight is 311 g/mol. The average Bonchev–Trinajstić information content (AvgIpc) is 2.95. The van der Waals surface area contributed by atoms with Crippen LogP contribution in [-0.2, 0) is 11.2 Å². The van der Waals surface area contributed by atoms with E-state index in [0.29, 0.717) is 22.8 Å². The number of benzene rings is 1. The van der Waals surface area contributed by atoms with Crippen molar-refractivity contribution in [3.05, 3.63) is 65.7 Å². The Kier molecular flexibility index (Phi) is 4.14. The van der Waals surface area contributed by atoms with Crippen LogP contribution in [0.5, 0.6) is 0 Å². The fourth-order valence-electron chi connectivity index (χ4n) is 2.14. The number of carbonyl (C=O) groups excluding carboxylic acids is 1. The molecule has 1 amide bonds. The van der Waals surface area contributed by atoms with Crippen LogP contribution < -0.4 is 5.32 Å². The minimum atomic E-state index is -0.399. The van der Waals surface area contributed by atoms with Gasteiger partial charge in [-0.25, -0.2) is 9.37 Å². The van der Waals surface area contributed by atoms with Crippen molar-refractivity contribution >= 4 is 11.7 Å². The minimum Gasteiger partial charge on any atom is -0.356 e. The van der Waals surface area contributed by atoms with Gasteiger partial charge < -0.3 is 9.84 Å². The Balaban J connectivity index is 1.69. The van der Waals surface area contributed by atoms with Crippen LogP contribution in [0.4, 0.5) is 10.2 Å². The summed E-state index contributed by atoms with van der Waals surface area (Å²) in [6.07, 6.45) is 1.64. The van der Waals surface area contributed by atoms with Crippen LogP contribution in [0.2, 0.25) is 0 Å². The van der Waals surface area contributed by atoms with E-state index in [-0.39, 0.29) is 12.3 Å². The molecule has 1 aromatic carbocycles. The topological polar surface area (TPSA) is 68.0 Å². The van der Waals surface area contributed by atoms with Gasteiger partial charge in [0.1, 0.15) is 11.6 Å². The van der Waals surface area contributed by atoms with Crippen molar-refractivity contribution in [1.82, 2.24) is 10.1 Å². The number of anilines is 1. The quantitative estimate of drug-likeness (QED) is 0.802. The van der Waals surface area contributed by atoms with E-state index in [1.807, 2.05) is 13.0 Å². The van der Waals surface area contributed by atoms with Crippen LogP contribution in [0.15, 0.2) is 53.2 Å². The van der Waals surface area contributed by atoms with Crippen LogP contribution >= 0.6 is 0 Å². The third kappa shape index (κ3) is 3.60. The number of nitrogens with one attached hydrogen (secondary N) is 1. The van der Waals surface area contributed by atoms with Gasteiger partial charge in [-0.2, -0.15) is 0 Å². The second-order valence-electron chi connectivity index (χ2n) is 5.11. The van der Waals surface area contributed by atoms with Gasteiger partial charge in [-0.3, -0.25) is 4.79 Å². The lowest BCUT2D eigenvalue weighted by molar-refractivity contribution is -0.115. The molecule has 0 atom stereocenters. The van der Waals surface area contributed by atoms with Crippen LogP contribution in [-0.4, -0.2) is 16.0 Å². The van der Waals surface area contributed by atoms with E-state index in [2.05, 4.69) is 15.5 Å². The molecule has 0 aliphatic rings. The molecule has 5 nitrogen and oxygen atoms in total. The predicted molar refractivity (Wildman–Crippen MR) is 83.2 cm³/mol. The Hall–Kier alpha value is -3.02. The molecule has 0 bridgehead atoms. The van der Waals surface area contributed by atoms with Crippen molar-refractivity contribution in [3.63, 3.8) is 0 Å². The molecule has 2 heterocycles. The van der Waals surface area contributed by atoms with E-state index < -0.39 is 5.82 Å². The number of hydrogen-bond acceptors (Lipinski definition) is 4. The molecule has 0 saturated carbocycles. The normalized spacial score (nSPS) is 10.5. The van der Waals surface area contributed by atoms with Gasteiger partial charge in [0, 0.05) is 12.3 Å². The lowest BCUT2D eigenvalue weighted by Gasteiger charge is -2.03. The first-order valence-corrected chi connectivity index (χ1v) is 7.05. The van der Waals surface area contributed by atoms with Crippen LogP contribution in [0.3, 0.4) is 0 Å². The zero-order valence-electron chi connectivity index (χ0n) is 12.4. The van der Waals surface area contributed by atoms with E-state index in [4.69, 9.17) is 4.52 Å². The van der Waals surface area contributed by atoms with Gasteiger partial charge in [0.05, 0.1) is 17.7 Å². The molecule has 3 aromatic rings. The fraction of sp³-hybridized carbons (Fsp3) is 0.118. The third-order valence-corrected chi connectivity index (χ3v) is 3.22. The number of rotatable bonds is 4. The summed E-state index contributed by atoms with van der Waals surface area (Å²) in [4.78, 5) is 16.1. The molecule has 0 aliphatic heterocycles. The summed E-state index contributed by atoms with van der Waals surface area (Å²) in [6, 6.07) is 11.4. The smallest absolute Gasteiger partial charge is 0.231 e. The van der Waals surface area contributed by atoms with Crippen LogP contribution in [0.1, 0.15) is 11.3 Å². The zero-order chi connectivity index (χ0) is 16.2. The molecule has 0 fully saturated rings. The highest BCUT2D eigenvalue weighted by Crippen LogP contribution is 2.23. The Bertz CT molecular complexity index is 845. The van der Waals surface area contributed by atoms with Crippen molar-refractivity contribution in [2.24, 2.45) is 0 Å². The molecule has 1 N–H and O–H groups in total. The Morgan fingerprint density at radius 1 is 1.26 bits per heavy atom. The monoisotopic (exact) mass is 311 g/mol. The number of carbonyl (C=O) groups is 1. The highest BCUT2D eigenvalue weighted by atomic mass is 19.1. The molecule has 23 heavy (non-hydrogen) atoms. The largest absolute Gasteiger partial charge is 0.356 e. The molecule has 3 rings (SSSR count). The zero-order valence-corrected chi connectivity index (χ0v) is 12.4. The van der Waals surface area contributed by atoms with E-state index in [1.54, 1.807) is 36.5 Å². The molecule has 116 valence electrons. The number of aryl methyl sites for hydroxylation is 1. The van der Waals surface area contributed by atoms with Crippen molar-refractivity contribution in [1.29, 1.82) is 0 Å². The summed E-state index contributed by atoms with van der Waals surface area (Å²) < 4.78 is 18.8. The van der Waals surface area contributed by atoms with E-state index >= 15 is 0 Å². The number of aromatic nitrogens is 2. The Labute approximate surface area is 132 Å². The van der Waals surface area contributed by atoms with Gasteiger partial charge in [-0.1, -0.05) is 17.3 Å². The van der Waals surface area contributed by atoms with Gasteiger partial charge in [0.25, 0.3) is 0 Å². The van der Waals surface area contributed by atoms with Crippen molar-refractivity contribution in [2.75, 3.05) is 5.32 Å². The first kappa shape index (κ1) is 14.9. The first-order valence-electron chi connectivity index (χ1n) is 7.05.